The number of rotatable bonds is 3. The van der Waals surface area contributed by atoms with Crippen molar-refractivity contribution in [2.24, 2.45) is 0 Å². The van der Waals surface area contributed by atoms with E-state index in [0.717, 1.165) is 11.1 Å². The summed E-state index contributed by atoms with van der Waals surface area (Å²) in [5.74, 6) is -0.238. The van der Waals surface area contributed by atoms with Gasteiger partial charge in [0, 0.05) is 5.56 Å². The minimum atomic E-state index is -0.437. The molecule has 0 heterocycles. The summed E-state index contributed by atoms with van der Waals surface area (Å²) < 4.78 is 0. The van der Waals surface area contributed by atoms with Crippen molar-refractivity contribution in [3.63, 3.8) is 0 Å². The fourth-order valence-electron chi connectivity index (χ4n) is 1.44. The molecule has 0 bridgehead atoms. The normalized spacial score (nSPS) is 12.0. The van der Waals surface area contributed by atoms with Gasteiger partial charge in [-0.1, -0.05) is 17.7 Å². The van der Waals surface area contributed by atoms with Crippen LogP contribution in [-0.4, -0.2) is 17.7 Å². The van der Waals surface area contributed by atoms with E-state index in [1.54, 1.807) is 13.0 Å². The summed E-state index contributed by atoms with van der Waals surface area (Å²) in [6, 6.07) is 5.19. The van der Waals surface area contributed by atoms with Crippen LogP contribution < -0.4 is 5.32 Å². The van der Waals surface area contributed by atoms with Crippen LogP contribution in [0.3, 0.4) is 0 Å². The summed E-state index contributed by atoms with van der Waals surface area (Å²) >= 11 is 0. The molecule has 3 nitrogen and oxygen atoms in total. The maximum absolute atomic E-state index is 11.8. The second-order valence-corrected chi connectivity index (χ2v) is 4.12. The fraction of sp³-hybridized carbons (Fsp3) is 0.385. The van der Waals surface area contributed by atoms with Gasteiger partial charge >= 0.3 is 0 Å². The standard InChI is InChI=1S/C13H17NO2/c1-8-5-6-12(9(2)7-8)13(16)14-10(3)11(4)15/h5-7,10H,1-4H3,(H,14,16). The molecule has 0 aromatic heterocycles. The zero-order valence-corrected chi connectivity index (χ0v) is 10.1. The lowest BCUT2D eigenvalue weighted by atomic mass is 10.0. The first kappa shape index (κ1) is 12.4. The van der Waals surface area contributed by atoms with E-state index in [0.29, 0.717) is 5.56 Å². The molecule has 0 fully saturated rings. The summed E-state index contributed by atoms with van der Waals surface area (Å²) in [5, 5.41) is 2.67. The summed E-state index contributed by atoms with van der Waals surface area (Å²) in [4.78, 5) is 22.9. The number of benzene rings is 1. The van der Waals surface area contributed by atoms with Crippen LogP contribution in [0.2, 0.25) is 0 Å². The molecular weight excluding hydrogens is 202 g/mol. The van der Waals surface area contributed by atoms with Crippen LogP contribution in [-0.2, 0) is 4.79 Å². The van der Waals surface area contributed by atoms with E-state index in [9.17, 15) is 9.59 Å². The summed E-state index contributed by atoms with van der Waals surface area (Å²) in [7, 11) is 0. The smallest absolute Gasteiger partial charge is 0.252 e. The van der Waals surface area contributed by atoms with Crippen molar-refractivity contribution >= 4 is 11.7 Å². The first-order valence-electron chi connectivity index (χ1n) is 5.30. The molecule has 1 unspecified atom stereocenters. The Morgan fingerprint density at radius 2 is 1.88 bits per heavy atom. The summed E-state index contributed by atoms with van der Waals surface area (Å²) in [6.07, 6.45) is 0. The molecule has 16 heavy (non-hydrogen) atoms. The molecule has 0 aliphatic carbocycles. The van der Waals surface area contributed by atoms with Crippen molar-refractivity contribution < 1.29 is 9.59 Å². The lowest BCUT2D eigenvalue weighted by Crippen LogP contribution is -2.37. The molecule has 1 atom stereocenters. The molecule has 0 spiro atoms. The minimum Gasteiger partial charge on any atom is -0.343 e. The number of carbonyl (C=O) groups excluding carboxylic acids is 2. The molecule has 0 aliphatic rings. The number of Topliss-reactive ketones (excluding diaryl/α,β-unsaturated/α-hetero) is 1. The molecule has 0 saturated heterocycles. The topological polar surface area (TPSA) is 46.2 Å². The van der Waals surface area contributed by atoms with Gasteiger partial charge in [0.2, 0.25) is 0 Å². The van der Waals surface area contributed by atoms with Crippen LogP contribution >= 0.6 is 0 Å². The van der Waals surface area contributed by atoms with Gasteiger partial charge in [-0.2, -0.15) is 0 Å². The number of ketones is 1. The zero-order valence-electron chi connectivity index (χ0n) is 10.1. The van der Waals surface area contributed by atoms with Gasteiger partial charge in [-0.3, -0.25) is 9.59 Å². The third kappa shape index (κ3) is 2.92. The third-order valence-electron chi connectivity index (χ3n) is 2.58. The second-order valence-electron chi connectivity index (χ2n) is 4.12. The summed E-state index contributed by atoms with van der Waals surface area (Å²) in [6.45, 7) is 7.02. The van der Waals surface area contributed by atoms with Gasteiger partial charge in [-0.25, -0.2) is 0 Å². The predicted molar refractivity (Wildman–Crippen MR) is 63.5 cm³/mol. The lowest BCUT2D eigenvalue weighted by Gasteiger charge is -2.12. The third-order valence-corrected chi connectivity index (χ3v) is 2.58. The van der Waals surface area contributed by atoms with Crippen LogP contribution in [0.1, 0.15) is 35.3 Å². The monoisotopic (exact) mass is 219 g/mol. The van der Waals surface area contributed by atoms with E-state index >= 15 is 0 Å². The highest BCUT2D eigenvalue weighted by Gasteiger charge is 2.14. The molecule has 1 amide bonds. The Morgan fingerprint density at radius 3 is 2.38 bits per heavy atom. The SMILES string of the molecule is CC(=O)C(C)NC(=O)c1ccc(C)cc1C. The average molecular weight is 219 g/mol. The van der Waals surface area contributed by atoms with E-state index in [1.807, 2.05) is 26.0 Å². The highest BCUT2D eigenvalue weighted by Crippen LogP contribution is 2.10. The first-order chi connectivity index (χ1) is 7.41. The Bertz CT molecular complexity index is 424. The van der Waals surface area contributed by atoms with E-state index in [-0.39, 0.29) is 11.7 Å². The molecule has 3 heteroatoms. The second kappa shape index (κ2) is 4.92. The Hall–Kier alpha value is -1.64. The van der Waals surface area contributed by atoms with E-state index in [2.05, 4.69) is 5.32 Å². The largest absolute Gasteiger partial charge is 0.343 e. The molecule has 0 aliphatic heterocycles. The Kier molecular flexibility index (Phi) is 3.82. The van der Waals surface area contributed by atoms with Crippen molar-refractivity contribution in [2.45, 2.75) is 33.7 Å². The van der Waals surface area contributed by atoms with Gasteiger partial charge in [0.1, 0.15) is 0 Å². The number of nitrogens with one attached hydrogen (secondary N) is 1. The van der Waals surface area contributed by atoms with Gasteiger partial charge in [-0.15, -0.1) is 0 Å². The molecule has 1 rings (SSSR count). The Balaban J connectivity index is 2.85. The quantitative estimate of drug-likeness (QED) is 0.845. The number of aryl methyl sites for hydroxylation is 2. The van der Waals surface area contributed by atoms with Gasteiger partial charge in [-0.05, 0) is 39.3 Å². The molecule has 0 radical (unpaired) electrons. The molecular formula is C13H17NO2. The van der Waals surface area contributed by atoms with Crippen LogP contribution in [0.25, 0.3) is 0 Å². The summed E-state index contributed by atoms with van der Waals surface area (Å²) in [5.41, 5.74) is 2.67. The first-order valence-corrected chi connectivity index (χ1v) is 5.30. The maximum Gasteiger partial charge on any atom is 0.252 e. The van der Waals surface area contributed by atoms with Crippen molar-refractivity contribution in [1.29, 1.82) is 0 Å². The highest BCUT2D eigenvalue weighted by atomic mass is 16.2. The van der Waals surface area contributed by atoms with Crippen molar-refractivity contribution in [2.75, 3.05) is 0 Å². The van der Waals surface area contributed by atoms with Gasteiger partial charge in [0.05, 0.1) is 6.04 Å². The Morgan fingerprint density at radius 1 is 1.25 bits per heavy atom. The average Bonchev–Trinajstić information content (AvgIpc) is 2.16. The van der Waals surface area contributed by atoms with E-state index in [4.69, 9.17) is 0 Å². The van der Waals surface area contributed by atoms with Crippen molar-refractivity contribution in [3.05, 3.63) is 34.9 Å². The van der Waals surface area contributed by atoms with E-state index in [1.165, 1.54) is 6.92 Å². The van der Waals surface area contributed by atoms with Crippen LogP contribution in [0.4, 0.5) is 0 Å². The molecule has 86 valence electrons. The fourth-order valence-corrected chi connectivity index (χ4v) is 1.44. The number of hydrogen-bond acceptors (Lipinski definition) is 2. The van der Waals surface area contributed by atoms with Gasteiger partial charge < -0.3 is 5.32 Å². The van der Waals surface area contributed by atoms with Gasteiger partial charge in [0.25, 0.3) is 5.91 Å². The predicted octanol–water partition coefficient (Wildman–Crippen LogP) is 2.01. The van der Waals surface area contributed by atoms with Gasteiger partial charge in [0.15, 0.2) is 5.78 Å². The van der Waals surface area contributed by atoms with Crippen LogP contribution in [0, 0.1) is 13.8 Å². The molecule has 1 aromatic carbocycles. The molecule has 0 saturated carbocycles. The molecule has 1 N–H and O–H groups in total. The van der Waals surface area contributed by atoms with Crippen molar-refractivity contribution in [1.82, 2.24) is 5.32 Å². The number of hydrogen-bond donors (Lipinski definition) is 1. The number of carbonyl (C=O) groups is 2. The van der Waals surface area contributed by atoms with E-state index < -0.39 is 6.04 Å². The zero-order chi connectivity index (χ0) is 12.3. The number of amides is 1. The highest BCUT2D eigenvalue weighted by molar-refractivity contribution is 5.98. The minimum absolute atomic E-state index is 0.0434. The van der Waals surface area contributed by atoms with Crippen LogP contribution in [0.5, 0.6) is 0 Å². The Labute approximate surface area is 95.9 Å². The lowest BCUT2D eigenvalue weighted by molar-refractivity contribution is -0.118. The maximum atomic E-state index is 11.8. The van der Waals surface area contributed by atoms with Crippen molar-refractivity contribution in [3.8, 4) is 0 Å². The van der Waals surface area contributed by atoms with Crippen LogP contribution in [0.15, 0.2) is 18.2 Å². The molecule has 1 aromatic rings.